The molecule has 0 unspecified atom stereocenters. The monoisotopic (exact) mass is 366 g/mol. The smallest absolute Gasteiger partial charge is 0.292 e. The number of anilines is 1. The Kier molecular flexibility index (Phi) is 4.94. The average Bonchev–Trinajstić information content (AvgIpc) is 3.02. The largest absolute Gasteiger partial charge is 0.374 e. The van der Waals surface area contributed by atoms with Gasteiger partial charge in [0.25, 0.3) is 5.91 Å². The molecule has 132 valence electrons. The number of para-hydroxylation sites is 1. The first-order valence-corrected chi connectivity index (χ1v) is 8.33. The third-order valence-electron chi connectivity index (χ3n) is 3.84. The molecule has 3 rings (SSSR count). The zero-order valence-corrected chi connectivity index (χ0v) is 15.2. The molecule has 0 spiro atoms. The molecule has 3 aromatic rings. The number of hydrogen-bond donors (Lipinski definition) is 2. The van der Waals surface area contributed by atoms with Crippen LogP contribution in [0.25, 0.3) is 5.69 Å². The SMILES string of the molecule is Cc1ccc(N(NC(=O)c2nnn(-c3ccccc3)c2C)C(N)=S)cc1. The Bertz CT molecular complexity index is 936. The van der Waals surface area contributed by atoms with Crippen molar-refractivity contribution < 1.29 is 4.79 Å². The van der Waals surface area contributed by atoms with E-state index in [4.69, 9.17) is 18.0 Å². The average molecular weight is 366 g/mol. The van der Waals surface area contributed by atoms with Crippen LogP contribution in [0.1, 0.15) is 21.7 Å². The number of thiocarbonyl (C=S) groups is 1. The van der Waals surface area contributed by atoms with E-state index < -0.39 is 5.91 Å². The van der Waals surface area contributed by atoms with Crippen molar-refractivity contribution in [1.29, 1.82) is 0 Å². The summed E-state index contributed by atoms with van der Waals surface area (Å²) in [5.41, 5.74) is 11.8. The molecular formula is C18H18N6OS. The second kappa shape index (κ2) is 7.32. The number of amides is 1. The predicted octanol–water partition coefficient (Wildman–Crippen LogP) is 2.28. The number of carbonyl (C=O) groups excluding carboxylic acids is 1. The summed E-state index contributed by atoms with van der Waals surface area (Å²) in [7, 11) is 0. The number of nitrogens with one attached hydrogen (secondary N) is 1. The van der Waals surface area contributed by atoms with E-state index in [0.29, 0.717) is 11.4 Å². The van der Waals surface area contributed by atoms with Crippen LogP contribution in [-0.4, -0.2) is 26.0 Å². The number of hydrogen-bond acceptors (Lipinski definition) is 4. The van der Waals surface area contributed by atoms with Crippen molar-refractivity contribution in [3.05, 3.63) is 71.5 Å². The lowest BCUT2D eigenvalue weighted by Gasteiger charge is -2.23. The Labute approximate surface area is 156 Å². The zero-order valence-electron chi connectivity index (χ0n) is 14.4. The molecule has 0 aliphatic heterocycles. The predicted molar refractivity (Wildman–Crippen MR) is 104 cm³/mol. The number of aromatic nitrogens is 3. The molecule has 1 amide bonds. The molecule has 0 atom stereocenters. The molecular weight excluding hydrogens is 348 g/mol. The third-order valence-corrected chi connectivity index (χ3v) is 4.02. The van der Waals surface area contributed by atoms with Crippen LogP contribution in [0, 0.1) is 13.8 Å². The molecule has 1 heterocycles. The lowest BCUT2D eigenvalue weighted by molar-refractivity contribution is 0.0949. The van der Waals surface area contributed by atoms with E-state index in [1.165, 1.54) is 5.01 Å². The van der Waals surface area contributed by atoms with Gasteiger partial charge in [-0.15, -0.1) is 5.10 Å². The van der Waals surface area contributed by atoms with Crippen LogP contribution in [0.5, 0.6) is 0 Å². The molecule has 1 aromatic heterocycles. The normalized spacial score (nSPS) is 10.4. The lowest BCUT2D eigenvalue weighted by atomic mass is 10.2. The number of hydrazine groups is 1. The van der Waals surface area contributed by atoms with Gasteiger partial charge in [0.2, 0.25) is 0 Å². The minimum absolute atomic E-state index is 0.0234. The summed E-state index contributed by atoms with van der Waals surface area (Å²) in [6.45, 7) is 3.75. The van der Waals surface area contributed by atoms with E-state index in [2.05, 4.69) is 15.7 Å². The topological polar surface area (TPSA) is 89.1 Å². The Morgan fingerprint density at radius 1 is 1.12 bits per heavy atom. The first kappa shape index (κ1) is 17.6. The third kappa shape index (κ3) is 3.55. The van der Waals surface area contributed by atoms with Gasteiger partial charge in [0.05, 0.1) is 17.1 Å². The highest BCUT2D eigenvalue weighted by atomic mass is 32.1. The molecule has 0 bridgehead atoms. The minimum atomic E-state index is -0.446. The highest BCUT2D eigenvalue weighted by molar-refractivity contribution is 7.80. The number of nitrogens with zero attached hydrogens (tertiary/aromatic N) is 4. The summed E-state index contributed by atoms with van der Waals surface area (Å²) in [6, 6.07) is 16.9. The van der Waals surface area contributed by atoms with Crippen LogP contribution in [0.3, 0.4) is 0 Å². The fraction of sp³-hybridized carbons (Fsp3) is 0.111. The van der Waals surface area contributed by atoms with Gasteiger partial charge < -0.3 is 5.73 Å². The second-order valence-electron chi connectivity index (χ2n) is 5.72. The summed E-state index contributed by atoms with van der Waals surface area (Å²) in [5, 5.41) is 9.44. The standard InChI is InChI=1S/C18H18N6OS/c1-12-8-10-15(11-9-12)24(18(19)26)21-17(25)16-13(2)23(22-20-16)14-6-4-3-5-7-14/h3-11H,1-2H3,(H2,19,26)(H,21,25). The molecule has 7 nitrogen and oxygen atoms in total. The van der Waals surface area contributed by atoms with Gasteiger partial charge in [-0.25, -0.2) is 9.69 Å². The zero-order chi connectivity index (χ0) is 18.7. The van der Waals surface area contributed by atoms with Gasteiger partial charge in [0.15, 0.2) is 10.8 Å². The Morgan fingerprint density at radius 3 is 2.38 bits per heavy atom. The molecule has 3 N–H and O–H groups in total. The van der Waals surface area contributed by atoms with Crippen LogP contribution < -0.4 is 16.2 Å². The molecule has 0 aliphatic carbocycles. The van der Waals surface area contributed by atoms with E-state index in [1.807, 2.05) is 61.5 Å². The lowest BCUT2D eigenvalue weighted by Crippen LogP contribution is -2.49. The van der Waals surface area contributed by atoms with Crippen LogP contribution >= 0.6 is 12.2 Å². The number of benzene rings is 2. The Morgan fingerprint density at radius 2 is 1.77 bits per heavy atom. The van der Waals surface area contributed by atoms with Crippen molar-refractivity contribution >= 4 is 28.9 Å². The van der Waals surface area contributed by atoms with E-state index in [0.717, 1.165) is 11.3 Å². The van der Waals surface area contributed by atoms with E-state index in [1.54, 1.807) is 11.6 Å². The van der Waals surface area contributed by atoms with Gasteiger partial charge in [-0.05, 0) is 50.3 Å². The highest BCUT2D eigenvalue weighted by Gasteiger charge is 2.21. The minimum Gasteiger partial charge on any atom is -0.374 e. The fourth-order valence-corrected chi connectivity index (χ4v) is 2.60. The van der Waals surface area contributed by atoms with Crippen molar-refractivity contribution in [2.75, 3.05) is 5.01 Å². The molecule has 0 saturated carbocycles. The van der Waals surface area contributed by atoms with Crippen molar-refractivity contribution in [3.63, 3.8) is 0 Å². The molecule has 0 fully saturated rings. The van der Waals surface area contributed by atoms with Crippen LogP contribution in [-0.2, 0) is 0 Å². The molecule has 0 radical (unpaired) electrons. The van der Waals surface area contributed by atoms with Crippen molar-refractivity contribution in [1.82, 2.24) is 20.4 Å². The van der Waals surface area contributed by atoms with Crippen LogP contribution in [0.2, 0.25) is 0 Å². The summed E-state index contributed by atoms with van der Waals surface area (Å²) < 4.78 is 1.60. The van der Waals surface area contributed by atoms with Gasteiger partial charge in [-0.2, -0.15) is 0 Å². The number of nitrogens with two attached hydrogens (primary N) is 1. The van der Waals surface area contributed by atoms with Crippen LogP contribution in [0.4, 0.5) is 5.69 Å². The van der Waals surface area contributed by atoms with Crippen LogP contribution in [0.15, 0.2) is 54.6 Å². The summed E-state index contributed by atoms with van der Waals surface area (Å²) in [6.07, 6.45) is 0. The van der Waals surface area contributed by atoms with Gasteiger partial charge in [-0.1, -0.05) is 41.1 Å². The molecule has 8 heteroatoms. The van der Waals surface area contributed by atoms with E-state index >= 15 is 0 Å². The maximum Gasteiger partial charge on any atom is 0.292 e. The van der Waals surface area contributed by atoms with Gasteiger partial charge in [-0.3, -0.25) is 10.2 Å². The quantitative estimate of drug-likeness (QED) is 0.546. The van der Waals surface area contributed by atoms with Gasteiger partial charge in [0.1, 0.15) is 0 Å². The fourth-order valence-electron chi connectivity index (χ4n) is 2.45. The second-order valence-corrected chi connectivity index (χ2v) is 6.14. The number of carbonyl (C=O) groups is 1. The van der Waals surface area contributed by atoms with E-state index in [9.17, 15) is 4.79 Å². The first-order valence-electron chi connectivity index (χ1n) is 7.92. The Balaban J connectivity index is 1.86. The summed E-state index contributed by atoms with van der Waals surface area (Å²) >= 11 is 5.06. The summed E-state index contributed by atoms with van der Waals surface area (Å²) in [5.74, 6) is -0.446. The van der Waals surface area contributed by atoms with Crippen molar-refractivity contribution in [2.24, 2.45) is 5.73 Å². The van der Waals surface area contributed by atoms with Crippen molar-refractivity contribution in [3.8, 4) is 5.69 Å². The number of rotatable bonds is 3. The molecule has 2 aromatic carbocycles. The summed E-state index contributed by atoms with van der Waals surface area (Å²) in [4.78, 5) is 12.7. The molecule has 0 aliphatic rings. The molecule has 0 saturated heterocycles. The Hall–Kier alpha value is -3.26. The van der Waals surface area contributed by atoms with Gasteiger partial charge >= 0.3 is 0 Å². The van der Waals surface area contributed by atoms with E-state index in [-0.39, 0.29) is 10.8 Å². The van der Waals surface area contributed by atoms with Crippen molar-refractivity contribution in [2.45, 2.75) is 13.8 Å². The molecule has 26 heavy (non-hydrogen) atoms. The van der Waals surface area contributed by atoms with Gasteiger partial charge in [0, 0.05) is 0 Å². The maximum absolute atomic E-state index is 12.7. The highest BCUT2D eigenvalue weighted by Crippen LogP contribution is 2.15. The maximum atomic E-state index is 12.7. The number of aryl methyl sites for hydroxylation is 1. The first-order chi connectivity index (χ1) is 12.5.